The van der Waals surface area contributed by atoms with Gasteiger partial charge in [-0.25, -0.2) is 0 Å². The van der Waals surface area contributed by atoms with E-state index in [4.69, 9.17) is 16.3 Å². The second kappa shape index (κ2) is 7.28. The van der Waals surface area contributed by atoms with Crippen molar-refractivity contribution < 1.29 is 4.74 Å². The van der Waals surface area contributed by atoms with Gasteiger partial charge in [-0.05, 0) is 37.2 Å². The van der Waals surface area contributed by atoms with Crippen molar-refractivity contribution in [1.29, 1.82) is 0 Å². The first-order valence-corrected chi connectivity index (χ1v) is 6.62. The van der Waals surface area contributed by atoms with E-state index < -0.39 is 0 Å². The third-order valence-corrected chi connectivity index (χ3v) is 3.11. The van der Waals surface area contributed by atoms with Crippen molar-refractivity contribution in [3.05, 3.63) is 33.3 Å². The van der Waals surface area contributed by atoms with E-state index in [0.29, 0.717) is 13.2 Å². The minimum absolute atomic E-state index is 0.148. The van der Waals surface area contributed by atoms with Gasteiger partial charge in [0.05, 0.1) is 12.6 Å². The first-order valence-electron chi connectivity index (χ1n) is 5.45. The molecule has 16 heavy (non-hydrogen) atoms. The Morgan fingerprint density at radius 1 is 1.44 bits per heavy atom. The highest BCUT2D eigenvalue weighted by Gasteiger charge is 2.14. The normalized spacial score (nSPS) is 12.8. The average Bonchev–Trinajstić information content (AvgIpc) is 2.28. The standard InChI is InChI=1S/C12H17BrClNO/c1-3-15-12(8-16-4-2)10-7-9(13)5-6-11(10)14/h5-7,12,15H,3-4,8H2,1-2H3. The van der Waals surface area contributed by atoms with Crippen molar-refractivity contribution >= 4 is 27.5 Å². The fourth-order valence-corrected chi connectivity index (χ4v) is 2.15. The number of rotatable bonds is 6. The molecule has 0 heterocycles. The van der Waals surface area contributed by atoms with E-state index in [1.165, 1.54) is 0 Å². The number of hydrogen-bond acceptors (Lipinski definition) is 2. The molecule has 1 aromatic rings. The van der Waals surface area contributed by atoms with Crippen LogP contribution < -0.4 is 5.32 Å². The summed E-state index contributed by atoms with van der Waals surface area (Å²) in [5.41, 5.74) is 1.08. The van der Waals surface area contributed by atoms with Crippen molar-refractivity contribution in [2.45, 2.75) is 19.9 Å². The Morgan fingerprint density at radius 3 is 2.81 bits per heavy atom. The van der Waals surface area contributed by atoms with E-state index in [1.54, 1.807) is 0 Å². The lowest BCUT2D eigenvalue weighted by Gasteiger charge is -2.19. The molecule has 0 saturated carbocycles. The number of nitrogens with one attached hydrogen (secondary N) is 1. The second-order valence-corrected chi connectivity index (χ2v) is 4.76. The zero-order valence-electron chi connectivity index (χ0n) is 9.59. The lowest BCUT2D eigenvalue weighted by Crippen LogP contribution is -2.25. The SMILES string of the molecule is CCNC(COCC)c1cc(Br)ccc1Cl. The van der Waals surface area contributed by atoms with Crippen LogP contribution >= 0.6 is 27.5 Å². The predicted molar refractivity (Wildman–Crippen MR) is 72.1 cm³/mol. The summed E-state index contributed by atoms with van der Waals surface area (Å²) in [5.74, 6) is 0. The molecule has 1 rings (SSSR count). The van der Waals surface area contributed by atoms with Gasteiger partial charge in [-0.15, -0.1) is 0 Å². The molecule has 1 aromatic carbocycles. The van der Waals surface area contributed by atoms with E-state index in [9.17, 15) is 0 Å². The first-order chi connectivity index (χ1) is 7.69. The van der Waals surface area contributed by atoms with Gasteiger partial charge in [0.2, 0.25) is 0 Å². The van der Waals surface area contributed by atoms with Gasteiger partial charge in [-0.1, -0.05) is 34.5 Å². The third-order valence-electron chi connectivity index (χ3n) is 2.27. The number of halogens is 2. The fourth-order valence-electron chi connectivity index (χ4n) is 1.52. The van der Waals surface area contributed by atoms with E-state index in [-0.39, 0.29) is 6.04 Å². The molecule has 2 nitrogen and oxygen atoms in total. The minimum atomic E-state index is 0.148. The van der Waals surface area contributed by atoms with Crippen LogP contribution in [0.15, 0.2) is 22.7 Å². The molecular weight excluding hydrogens is 289 g/mol. The van der Waals surface area contributed by atoms with Crippen LogP contribution in [0.4, 0.5) is 0 Å². The Hall–Kier alpha value is -0.0900. The predicted octanol–water partition coefficient (Wildman–Crippen LogP) is 3.79. The Balaban J connectivity index is 2.85. The molecule has 0 aromatic heterocycles. The number of hydrogen-bond donors (Lipinski definition) is 1. The molecule has 90 valence electrons. The zero-order valence-corrected chi connectivity index (χ0v) is 11.9. The molecule has 0 aliphatic carbocycles. The maximum absolute atomic E-state index is 6.19. The summed E-state index contributed by atoms with van der Waals surface area (Å²) < 4.78 is 6.49. The number of ether oxygens (including phenoxy) is 1. The summed E-state index contributed by atoms with van der Waals surface area (Å²) in [6, 6.07) is 6.02. The smallest absolute Gasteiger partial charge is 0.0661 e. The molecule has 0 radical (unpaired) electrons. The molecule has 0 fully saturated rings. The fraction of sp³-hybridized carbons (Fsp3) is 0.500. The zero-order chi connectivity index (χ0) is 12.0. The number of likely N-dealkylation sites (N-methyl/N-ethyl adjacent to an activating group) is 1. The van der Waals surface area contributed by atoms with Crippen LogP contribution in [0, 0.1) is 0 Å². The monoisotopic (exact) mass is 305 g/mol. The first kappa shape index (κ1) is 14.0. The molecule has 1 N–H and O–H groups in total. The lowest BCUT2D eigenvalue weighted by atomic mass is 10.1. The topological polar surface area (TPSA) is 21.3 Å². The van der Waals surface area contributed by atoms with E-state index in [0.717, 1.165) is 21.6 Å². The molecule has 0 saturated heterocycles. The minimum Gasteiger partial charge on any atom is -0.380 e. The van der Waals surface area contributed by atoms with Gasteiger partial charge in [-0.3, -0.25) is 0 Å². The summed E-state index contributed by atoms with van der Waals surface area (Å²) in [7, 11) is 0. The van der Waals surface area contributed by atoms with Crippen LogP contribution in [-0.4, -0.2) is 19.8 Å². The molecule has 1 unspecified atom stereocenters. The van der Waals surface area contributed by atoms with Gasteiger partial charge in [0.25, 0.3) is 0 Å². The summed E-state index contributed by atoms with van der Waals surface area (Å²) in [6.45, 7) is 6.31. The van der Waals surface area contributed by atoms with Gasteiger partial charge in [-0.2, -0.15) is 0 Å². The lowest BCUT2D eigenvalue weighted by molar-refractivity contribution is 0.123. The quantitative estimate of drug-likeness (QED) is 0.863. The van der Waals surface area contributed by atoms with Crippen LogP contribution in [0.5, 0.6) is 0 Å². The Bertz CT molecular complexity index is 333. The van der Waals surface area contributed by atoms with Crippen LogP contribution in [0.2, 0.25) is 5.02 Å². The molecule has 1 atom stereocenters. The Morgan fingerprint density at radius 2 is 2.19 bits per heavy atom. The molecule has 0 aliphatic rings. The van der Waals surface area contributed by atoms with Crippen LogP contribution in [-0.2, 0) is 4.74 Å². The molecule has 0 bridgehead atoms. The van der Waals surface area contributed by atoms with Gasteiger partial charge >= 0.3 is 0 Å². The van der Waals surface area contributed by atoms with E-state index in [1.807, 2.05) is 25.1 Å². The van der Waals surface area contributed by atoms with Crippen molar-refractivity contribution in [3.63, 3.8) is 0 Å². The van der Waals surface area contributed by atoms with Crippen molar-refractivity contribution in [1.82, 2.24) is 5.32 Å². The van der Waals surface area contributed by atoms with E-state index >= 15 is 0 Å². The molecular formula is C12H17BrClNO. The third kappa shape index (κ3) is 4.06. The Labute approximate surface area is 110 Å². The van der Waals surface area contributed by atoms with Gasteiger partial charge in [0.1, 0.15) is 0 Å². The van der Waals surface area contributed by atoms with Gasteiger partial charge in [0, 0.05) is 16.1 Å². The summed E-state index contributed by atoms with van der Waals surface area (Å²) >= 11 is 9.65. The molecule has 0 spiro atoms. The molecule has 4 heteroatoms. The summed E-state index contributed by atoms with van der Waals surface area (Å²) in [5, 5.41) is 4.14. The highest BCUT2D eigenvalue weighted by Crippen LogP contribution is 2.26. The van der Waals surface area contributed by atoms with Crippen molar-refractivity contribution in [2.75, 3.05) is 19.8 Å². The van der Waals surface area contributed by atoms with Gasteiger partial charge < -0.3 is 10.1 Å². The van der Waals surface area contributed by atoms with Crippen molar-refractivity contribution in [3.8, 4) is 0 Å². The maximum Gasteiger partial charge on any atom is 0.0661 e. The Kier molecular flexibility index (Phi) is 6.36. The van der Waals surface area contributed by atoms with Crippen LogP contribution in [0.25, 0.3) is 0 Å². The second-order valence-electron chi connectivity index (χ2n) is 3.44. The summed E-state index contributed by atoms with van der Waals surface area (Å²) in [6.07, 6.45) is 0. The van der Waals surface area contributed by atoms with E-state index in [2.05, 4.69) is 28.2 Å². The largest absolute Gasteiger partial charge is 0.380 e. The van der Waals surface area contributed by atoms with Crippen molar-refractivity contribution in [2.24, 2.45) is 0 Å². The highest BCUT2D eigenvalue weighted by atomic mass is 79.9. The van der Waals surface area contributed by atoms with Crippen LogP contribution in [0.3, 0.4) is 0 Å². The highest BCUT2D eigenvalue weighted by molar-refractivity contribution is 9.10. The molecule has 0 aliphatic heterocycles. The maximum atomic E-state index is 6.19. The summed E-state index contributed by atoms with van der Waals surface area (Å²) in [4.78, 5) is 0. The van der Waals surface area contributed by atoms with Gasteiger partial charge in [0.15, 0.2) is 0 Å². The number of benzene rings is 1. The molecule has 0 amide bonds. The van der Waals surface area contributed by atoms with Crippen LogP contribution in [0.1, 0.15) is 25.5 Å². The average molecular weight is 307 g/mol.